The van der Waals surface area contributed by atoms with Crippen molar-refractivity contribution in [1.82, 2.24) is 0 Å². The molecule has 0 N–H and O–H groups in total. The predicted octanol–water partition coefficient (Wildman–Crippen LogP) is -0.823. The van der Waals surface area contributed by atoms with Crippen molar-refractivity contribution in [1.29, 1.82) is 0 Å². The van der Waals surface area contributed by atoms with Gasteiger partial charge in [0.2, 0.25) is 10.4 Å². The minimum atomic E-state index is -4.54. The van der Waals surface area contributed by atoms with Gasteiger partial charge in [0.1, 0.15) is 5.78 Å². The van der Waals surface area contributed by atoms with E-state index in [9.17, 15) is 17.8 Å². The van der Waals surface area contributed by atoms with Crippen molar-refractivity contribution in [3.63, 3.8) is 0 Å². The van der Waals surface area contributed by atoms with Crippen LogP contribution in [-0.2, 0) is 19.4 Å². The first-order valence-corrected chi connectivity index (χ1v) is 7.41. The second-order valence-electron chi connectivity index (χ2n) is 4.04. The zero-order chi connectivity index (χ0) is 13.1. The second kappa shape index (κ2) is 12.6. The maximum absolute atomic E-state index is 11.3. The summed E-state index contributed by atoms with van der Waals surface area (Å²) in [7, 11) is -4.54. The number of carbonyl (C=O) groups excluding carboxylic acids is 1. The van der Waals surface area contributed by atoms with Crippen LogP contribution in [0.4, 0.5) is 0 Å². The van der Waals surface area contributed by atoms with E-state index in [0.717, 1.165) is 32.1 Å². The number of Topliss-reactive ketones (excluding diaryl/α,β-unsaturated/α-hetero) is 1. The molecule has 0 aromatic rings. The minimum absolute atomic E-state index is 0. The van der Waals surface area contributed by atoms with Crippen molar-refractivity contribution in [2.24, 2.45) is 0 Å². The van der Waals surface area contributed by atoms with Gasteiger partial charge in [0.25, 0.3) is 0 Å². The normalized spacial score (nSPS) is 11.0. The first-order valence-electron chi connectivity index (χ1n) is 6.07. The number of hydrogen-bond donors (Lipinski definition) is 0. The molecule has 0 spiro atoms. The van der Waals surface area contributed by atoms with Gasteiger partial charge in [-0.15, -0.1) is 0 Å². The second-order valence-corrected chi connectivity index (χ2v) is 5.09. The van der Waals surface area contributed by atoms with Gasteiger partial charge in [0.15, 0.2) is 0 Å². The van der Waals surface area contributed by atoms with Crippen molar-refractivity contribution in [2.45, 2.75) is 58.3 Å². The molecule has 0 atom stereocenters. The van der Waals surface area contributed by atoms with E-state index < -0.39 is 10.4 Å². The van der Waals surface area contributed by atoms with Crippen molar-refractivity contribution in [3.8, 4) is 0 Å². The summed E-state index contributed by atoms with van der Waals surface area (Å²) < 4.78 is 34.3. The SMILES string of the molecule is CCCCC(=O)CCCCCCOS(=O)(=O)[O-].[Na+]. The van der Waals surface area contributed by atoms with Gasteiger partial charge < -0.3 is 4.55 Å². The van der Waals surface area contributed by atoms with E-state index in [1.807, 2.05) is 0 Å². The van der Waals surface area contributed by atoms with Crippen LogP contribution in [0.5, 0.6) is 0 Å². The summed E-state index contributed by atoms with van der Waals surface area (Å²) in [5, 5.41) is 0. The molecule has 0 fully saturated rings. The first kappa shape index (κ1) is 20.8. The Kier molecular flexibility index (Phi) is 14.6. The van der Waals surface area contributed by atoms with E-state index in [2.05, 4.69) is 11.1 Å². The molecule has 0 saturated heterocycles. The van der Waals surface area contributed by atoms with E-state index in [4.69, 9.17) is 0 Å². The fourth-order valence-corrected chi connectivity index (χ4v) is 1.76. The van der Waals surface area contributed by atoms with Crippen molar-refractivity contribution < 1.29 is 51.5 Å². The Balaban J connectivity index is 0. The molecule has 0 heterocycles. The van der Waals surface area contributed by atoms with Crippen LogP contribution in [0, 0.1) is 0 Å². The summed E-state index contributed by atoms with van der Waals surface area (Å²) in [6.45, 7) is 1.99. The fraction of sp³-hybridized carbons (Fsp3) is 0.909. The van der Waals surface area contributed by atoms with Crippen LogP contribution in [0.2, 0.25) is 0 Å². The van der Waals surface area contributed by atoms with Crippen LogP contribution in [0.1, 0.15) is 58.3 Å². The molecular formula is C11H21NaO5S. The van der Waals surface area contributed by atoms with E-state index in [1.54, 1.807) is 0 Å². The molecule has 0 bridgehead atoms. The molecule has 0 rings (SSSR count). The Morgan fingerprint density at radius 3 is 2.17 bits per heavy atom. The summed E-state index contributed by atoms with van der Waals surface area (Å²) in [6, 6.07) is 0. The Bertz CT molecular complexity index is 303. The van der Waals surface area contributed by atoms with Crippen molar-refractivity contribution in [2.75, 3.05) is 6.61 Å². The summed E-state index contributed by atoms with van der Waals surface area (Å²) in [6.07, 6.45) is 6.24. The largest absolute Gasteiger partial charge is 1.00 e. The molecule has 0 aliphatic rings. The first-order chi connectivity index (χ1) is 7.95. The molecule has 0 unspecified atom stereocenters. The molecule has 0 aliphatic carbocycles. The van der Waals surface area contributed by atoms with Gasteiger partial charge in [-0.3, -0.25) is 8.98 Å². The standard InChI is InChI=1S/C11H22O5S.Na/c1-2-3-8-11(12)9-6-4-5-7-10-16-17(13,14)15;/h2-10H2,1H3,(H,13,14,15);/q;+1/p-1. The molecule has 0 aromatic carbocycles. The smallest absolute Gasteiger partial charge is 0.726 e. The molecule has 0 amide bonds. The third kappa shape index (κ3) is 16.5. The molecule has 0 aliphatic heterocycles. The minimum Gasteiger partial charge on any atom is -0.726 e. The van der Waals surface area contributed by atoms with Crippen LogP contribution in [0.15, 0.2) is 0 Å². The van der Waals surface area contributed by atoms with Gasteiger partial charge in [-0.2, -0.15) is 0 Å². The van der Waals surface area contributed by atoms with Gasteiger partial charge in [-0.1, -0.05) is 26.2 Å². The Morgan fingerprint density at radius 2 is 1.61 bits per heavy atom. The molecule has 18 heavy (non-hydrogen) atoms. The molecule has 7 heteroatoms. The number of hydrogen-bond acceptors (Lipinski definition) is 5. The van der Waals surface area contributed by atoms with Gasteiger partial charge >= 0.3 is 29.6 Å². The zero-order valence-corrected chi connectivity index (χ0v) is 14.1. The molecule has 102 valence electrons. The van der Waals surface area contributed by atoms with E-state index in [-0.39, 0.29) is 36.2 Å². The zero-order valence-electron chi connectivity index (χ0n) is 11.3. The van der Waals surface area contributed by atoms with Gasteiger partial charge in [0.05, 0.1) is 6.61 Å². The van der Waals surface area contributed by atoms with Crippen molar-refractivity contribution >= 4 is 16.2 Å². The summed E-state index contributed by atoms with van der Waals surface area (Å²) in [4.78, 5) is 11.3. The van der Waals surface area contributed by atoms with E-state index >= 15 is 0 Å². The third-order valence-electron chi connectivity index (χ3n) is 2.39. The third-order valence-corrected chi connectivity index (χ3v) is 2.84. The Labute approximate surface area is 132 Å². The fourth-order valence-electron chi connectivity index (χ4n) is 1.44. The maximum atomic E-state index is 11.3. The number of unbranched alkanes of at least 4 members (excludes halogenated alkanes) is 4. The molecule has 0 saturated carbocycles. The topological polar surface area (TPSA) is 83.5 Å². The maximum Gasteiger partial charge on any atom is 1.00 e. The van der Waals surface area contributed by atoms with Crippen LogP contribution in [0.25, 0.3) is 0 Å². The molecule has 0 aromatic heterocycles. The average Bonchev–Trinajstić information content (AvgIpc) is 2.23. The molecule has 5 nitrogen and oxygen atoms in total. The van der Waals surface area contributed by atoms with Gasteiger partial charge in [-0.05, 0) is 19.3 Å². The van der Waals surface area contributed by atoms with Gasteiger partial charge in [-0.25, -0.2) is 8.42 Å². The summed E-state index contributed by atoms with van der Waals surface area (Å²) in [5.74, 6) is 0.297. The Hall–Kier alpha value is 0.540. The number of ketones is 1. The van der Waals surface area contributed by atoms with Crippen LogP contribution in [0.3, 0.4) is 0 Å². The predicted molar refractivity (Wildman–Crippen MR) is 63.3 cm³/mol. The molecule has 0 radical (unpaired) electrons. The van der Waals surface area contributed by atoms with Crippen molar-refractivity contribution in [3.05, 3.63) is 0 Å². The summed E-state index contributed by atoms with van der Waals surface area (Å²) >= 11 is 0. The Morgan fingerprint density at radius 1 is 1.06 bits per heavy atom. The van der Waals surface area contributed by atoms with E-state index in [1.165, 1.54) is 0 Å². The van der Waals surface area contributed by atoms with Gasteiger partial charge in [0, 0.05) is 12.8 Å². The number of carbonyl (C=O) groups is 1. The summed E-state index contributed by atoms with van der Waals surface area (Å²) in [5.41, 5.74) is 0. The monoisotopic (exact) mass is 288 g/mol. The van der Waals surface area contributed by atoms with E-state index in [0.29, 0.717) is 25.0 Å². The van der Waals surface area contributed by atoms with Crippen LogP contribution >= 0.6 is 0 Å². The quantitative estimate of drug-likeness (QED) is 0.215. The molecular weight excluding hydrogens is 267 g/mol. The average molecular weight is 288 g/mol. The number of rotatable bonds is 11. The van der Waals surface area contributed by atoms with Crippen LogP contribution < -0.4 is 29.6 Å². The van der Waals surface area contributed by atoms with Crippen LogP contribution in [-0.4, -0.2) is 25.4 Å².